The predicted molar refractivity (Wildman–Crippen MR) is 262 cm³/mol. The molecule has 0 fully saturated rings. The molecule has 0 bridgehead atoms. The number of imidazole rings is 2. The Kier molecular flexibility index (Phi) is 20.3. The third-order valence-corrected chi connectivity index (χ3v) is 12.6. The molecule has 2 aromatic heterocycles. The minimum atomic E-state index is -3.98. The minimum Gasteiger partial charge on any atom is -0.493 e. The summed E-state index contributed by atoms with van der Waals surface area (Å²) in [5, 5.41) is 0. The zero-order valence-corrected chi connectivity index (χ0v) is 43.0. The maximum Gasteiger partial charge on any atom is 0.476 e. The van der Waals surface area contributed by atoms with Gasteiger partial charge in [0.25, 0.3) is 0 Å². The highest BCUT2D eigenvalue weighted by Crippen LogP contribution is 2.52. The van der Waals surface area contributed by atoms with Crippen molar-refractivity contribution in [2.24, 2.45) is 23.7 Å². The lowest BCUT2D eigenvalue weighted by Gasteiger charge is -2.21. The first-order valence-corrected chi connectivity index (χ1v) is 26.0. The van der Waals surface area contributed by atoms with E-state index in [9.17, 15) is 9.13 Å². The molecule has 0 amide bonds. The molecule has 5 rings (SSSR count). The molecule has 5 aromatic rings. The third-order valence-electron chi connectivity index (χ3n) is 9.83. The SMILES string of the molecule is CC(C)COP(=O)(OCC(C)C)OCn1c(-c2ccc(-c3nc4ccc(OCCCN(C)C)cc4n3COP(=O)(OCC(C)C)OCC(C)C)cc2)nc2ccc(OCCCN(C)C)cc21. The molecule has 18 heteroatoms. The summed E-state index contributed by atoms with van der Waals surface area (Å²) in [6, 6.07) is 19.3. The smallest absolute Gasteiger partial charge is 0.476 e. The second kappa shape index (κ2) is 25.1. The van der Waals surface area contributed by atoms with Crippen molar-refractivity contribution in [2.45, 2.75) is 81.7 Å². The van der Waals surface area contributed by atoms with Gasteiger partial charge in [0.2, 0.25) is 0 Å². The first-order valence-electron chi connectivity index (χ1n) is 23.1. The van der Waals surface area contributed by atoms with Crippen molar-refractivity contribution in [3.8, 4) is 34.3 Å². The average Bonchev–Trinajstić information content (AvgIpc) is 3.82. The summed E-state index contributed by atoms with van der Waals surface area (Å²) in [4.78, 5) is 14.3. The van der Waals surface area contributed by atoms with Gasteiger partial charge in [-0.1, -0.05) is 79.7 Å². The molecule has 0 aliphatic rings. The van der Waals surface area contributed by atoms with E-state index in [-0.39, 0.29) is 63.6 Å². The molecule has 366 valence electrons. The standard InChI is InChI=1S/C48H74N6O10P2/c1-35(2)29-59-65(55,60-30-36(3)4)63-33-53-45-27-41(57-25-13-23-51(9)10)19-21-43(45)49-47(53)39-15-17-40(18-16-39)48-50-44-22-20-42(58-26-14-24-52(11)12)28-46(44)54(48)34-64-66(56,61-31-37(5)6)62-32-38(7)8/h15-22,27-28,35-38H,13-14,23-26,29-34H2,1-12H3. The average molecular weight is 957 g/mol. The normalized spacial score (nSPS) is 12.8. The number of rotatable bonds is 30. The Labute approximate surface area is 392 Å². The number of phosphoric acid groups is 2. The zero-order chi connectivity index (χ0) is 48.0. The molecular formula is C48H74N6O10P2. The van der Waals surface area contributed by atoms with Crippen LogP contribution in [0.25, 0.3) is 44.8 Å². The fourth-order valence-corrected chi connectivity index (χ4v) is 9.32. The molecule has 2 heterocycles. The summed E-state index contributed by atoms with van der Waals surface area (Å²) < 4.78 is 79.7. The van der Waals surface area contributed by atoms with Gasteiger partial charge in [-0.15, -0.1) is 0 Å². The number of phosphoric ester groups is 2. The molecule has 0 aliphatic carbocycles. The molecule has 0 spiro atoms. The van der Waals surface area contributed by atoms with Gasteiger partial charge < -0.3 is 19.3 Å². The molecule has 0 saturated heterocycles. The highest BCUT2D eigenvalue weighted by Gasteiger charge is 2.31. The number of hydrogen-bond acceptors (Lipinski definition) is 14. The van der Waals surface area contributed by atoms with E-state index in [0.717, 1.165) is 48.1 Å². The fraction of sp³-hybridized carbons (Fsp3) is 0.583. The summed E-state index contributed by atoms with van der Waals surface area (Å²) in [6.07, 6.45) is 1.72. The summed E-state index contributed by atoms with van der Waals surface area (Å²) >= 11 is 0. The molecule has 0 aliphatic heterocycles. The number of aromatic nitrogens is 4. The van der Waals surface area contributed by atoms with Gasteiger partial charge in [0.1, 0.15) is 36.6 Å². The largest absolute Gasteiger partial charge is 0.493 e. The summed E-state index contributed by atoms with van der Waals surface area (Å²) in [6.45, 7) is 19.1. The van der Waals surface area contributed by atoms with Crippen LogP contribution in [0, 0.1) is 23.7 Å². The molecule has 66 heavy (non-hydrogen) atoms. The second-order valence-corrected chi connectivity index (χ2v) is 22.1. The van der Waals surface area contributed by atoms with E-state index in [2.05, 4.69) is 9.80 Å². The highest BCUT2D eigenvalue weighted by molar-refractivity contribution is 7.48. The van der Waals surface area contributed by atoms with Crippen LogP contribution in [-0.2, 0) is 49.7 Å². The minimum absolute atomic E-state index is 0.106. The highest BCUT2D eigenvalue weighted by atomic mass is 31.2. The maximum absolute atomic E-state index is 14.1. The van der Waals surface area contributed by atoms with Crippen molar-refractivity contribution in [2.75, 3.05) is 80.9 Å². The van der Waals surface area contributed by atoms with Gasteiger partial charge in [-0.05, 0) is 89.0 Å². The lowest BCUT2D eigenvalue weighted by molar-refractivity contribution is 0.0765. The van der Waals surface area contributed by atoms with E-state index in [1.54, 1.807) is 0 Å². The quantitative estimate of drug-likeness (QED) is 0.0317. The van der Waals surface area contributed by atoms with Crippen molar-refractivity contribution < 1.29 is 45.7 Å². The van der Waals surface area contributed by atoms with E-state index >= 15 is 0 Å². The Morgan fingerprint density at radius 3 is 1.14 bits per heavy atom. The van der Waals surface area contributed by atoms with Gasteiger partial charge in [-0.25, -0.2) is 19.1 Å². The van der Waals surface area contributed by atoms with Crippen LogP contribution in [0.5, 0.6) is 11.5 Å². The van der Waals surface area contributed by atoms with Crippen LogP contribution in [0.2, 0.25) is 0 Å². The van der Waals surface area contributed by atoms with Gasteiger partial charge in [-0.3, -0.25) is 36.3 Å². The summed E-state index contributed by atoms with van der Waals surface area (Å²) in [5.41, 5.74) is 4.36. The molecule has 3 aromatic carbocycles. The summed E-state index contributed by atoms with van der Waals surface area (Å²) in [7, 11) is 0.179. The Bertz CT molecular complexity index is 2170. The van der Waals surface area contributed by atoms with Crippen LogP contribution in [0.1, 0.15) is 68.2 Å². The first kappa shape index (κ1) is 53.3. The van der Waals surface area contributed by atoms with E-state index in [1.165, 1.54) is 0 Å². The van der Waals surface area contributed by atoms with Crippen LogP contribution in [0.4, 0.5) is 0 Å². The second-order valence-electron chi connectivity index (χ2n) is 18.8. The van der Waals surface area contributed by atoms with Crippen molar-refractivity contribution in [3.05, 3.63) is 60.7 Å². The van der Waals surface area contributed by atoms with Crippen LogP contribution in [0.15, 0.2) is 60.7 Å². The number of hydrogen-bond donors (Lipinski definition) is 0. The van der Waals surface area contributed by atoms with Crippen molar-refractivity contribution in [1.29, 1.82) is 0 Å². The lowest BCUT2D eigenvalue weighted by Crippen LogP contribution is -2.15. The van der Waals surface area contributed by atoms with Gasteiger partial charge in [0, 0.05) is 36.3 Å². The molecule has 16 nitrogen and oxygen atoms in total. The summed E-state index contributed by atoms with van der Waals surface area (Å²) in [5.74, 6) is 2.91. The molecule has 0 radical (unpaired) electrons. The molecule has 0 N–H and O–H groups in total. The van der Waals surface area contributed by atoms with Crippen LogP contribution in [0.3, 0.4) is 0 Å². The third kappa shape index (κ3) is 16.3. The van der Waals surface area contributed by atoms with E-state index in [0.29, 0.717) is 47.4 Å². The Morgan fingerprint density at radius 1 is 0.500 bits per heavy atom. The Hall–Kier alpha value is -3.66. The zero-order valence-electron chi connectivity index (χ0n) is 41.2. The monoisotopic (exact) mass is 956 g/mol. The van der Waals surface area contributed by atoms with Crippen LogP contribution >= 0.6 is 15.6 Å². The van der Waals surface area contributed by atoms with E-state index < -0.39 is 15.6 Å². The Balaban J connectivity index is 1.54. The predicted octanol–water partition coefficient (Wildman–Crippen LogP) is 11.2. The number of benzene rings is 3. The lowest BCUT2D eigenvalue weighted by atomic mass is 10.1. The molecule has 0 unspecified atom stereocenters. The first-order chi connectivity index (χ1) is 31.3. The number of ether oxygens (including phenoxy) is 2. The maximum atomic E-state index is 14.1. The van der Waals surface area contributed by atoms with Crippen molar-refractivity contribution in [1.82, 2.24) is 28.9 Å². The molecule has 0 saturated carbocycles. The van der Waals surface area contributed by atoms with Gasteiger partial charge in [0.05, 0.1) is 61.7 Å². The Morgan fingerprint density at radius 2 is 0.833 bits per heavy atom. The fourth-order valence-electron chi connectivity index (χ4n) is 6.44. The van der Waals surface area contributed by atoms with E-state index in [1.807, 2.05) is 153 Å². The van der Waals surface area contributed by atoms with Gasteiger partial charge in [-0.2, -0.15) is 0 Å². The van der Waals surface area contributed by atoms with Gasteiger partial charge >= 0.3 is 15.6 Å². The molecule has 0 atom stereocenters. The van der Waals surface area contributed by atoms with Crippen LogP contribution in [-0.4, -0.2) is 110 Å². The number of fused-ring (bicyclic) bond motifs is 2. The molecular weight excluding hydrogens is 883 g/mol. The number of nitrogens with zero attached hydrogens (tertiary/aromatic N) is 6. The van der Waals surface area contributed by atoms with Crippen molar-refractivity contribution >= 4 is 37.7 Å². The van der Waals surface area contributed by atoms with Crippen molar-refractivity contribution in [3.63, 3.8) is 0 Å². The van der Waals surface area contributed by atoms with E-state index in [4.69, 9.17) is 46.6 Å². The topological polar surface area (TPSA) is 150 Å². The van der Waals surface area contributed by atoms with Crippen LogP contribution < -0.4 is 9.47 Å². The van der Waals surface area contributed by atoms with Gasteiger partial charge in [0.15, 0.2) is 0 Å².